The molecule has 17 heavy (non-hydrogen) atoms. The Morgan fingerprint density at radius 3 is 2.29 bits per heavy atom. The second kappa shape index (κ2) is 5.40. The zero-order valence-electron chi connectivity index (χ0n) is 9.01. The third-order valence-corrected chi connectivity index (χ3v) is 2.17. The third-order valence-electron chi connectivity index (χ3n) is 2.02. The van der Waals surface area contributed by atoms with Gasteiger partial charge in [0.05, 0.1) is 5.56 Å². The van der Waals surface area contributed by atoms with Gasteiger partial charge in [-0.05, 0) is 31.2 Å². The molecule has 0 aliphatic carbocycles. The van der Waals surface area contributed by atoms with E-state index in [4.69, 9.17) is 11.6 Å². The predicted molar refractivity (Wildman–Crippen MR) is 59.1 cm³/mol. The molecular formula is C11H11ClF3NO. The molecule has 1 N–H and O–H groups in total. The molecule has 0 spiro atoms. The molecule has 1 atom stereocenters. The first-order valence-corrected chi connectivity index (χ1v) is 5.34. The molecule has 1 aromatic carbocycles. The second-order valence-corrected chi connectivity index (χ2v) is 4.31. The summed E-state index contributed by atoms with van der Waals surface area (Å²) in [6, 6.07) is 4.02. The molecule has 0 bridgehead atoms. The Hall–Kier alpha value is -1.23. The fourth-order valence-corrected chi connectivity index (χ4v) is 1.22. The first-order chi connectivity index (χ1) is 7.80. The van der Waals surface area contributed by atoms with E-state index in [1.165, 1.54) is 0 Å². The van der Waals surface area contributed by atoms with Crippen LogP contribution >= 0.6 is 11.6 Å². The molecule has 1 unspecified atom stereocenters. The molecule has 1 amide bonds. The lowest BCUT2D eigenvalue weighted by Crippen LogP contribution is -2.28. The van der Waals surface area contributed by atoms with Crippen LogP contribution in [0.1, 0.15) is 22.8 Å². The number of carbonyl (C=O) groups is 1. The number of alkyl halides is 4. The van der Waals surface area contributed by atoms with Gasteiger partial charge in [0.1, 0.15) is 0 Å². The van der Waals surface area contributed by atoms with Gasteiger partial charge in [-0.15, -0.1) is 11.6 Å². The van der Waals surface area contributed by atoms with Crippen molar-refractivity contribution in [3.63, 3.8) is 0 Å². The number of rotatable bonds is 3. The zero-order chi connectivity index (χ0) is 13.1. The molecule has 6 heteroatoms. The van der Waals surface area contributed by atoms with E-state index < -0.39 is 17.6 Å². The summed E-state index contributed by atoms with van der Waals surface area (Å²) < 4.78 is 36.8. The summed E-state index contributed by atoms with van der Waals surface area (Å²) in [5, 5.41) is 2.28. The van der Waals surface area contributed by atoms with Crippen LogP contribution in [-0.2, 0) is 6.18 Å². The van der Waals surface area contributed by atoms with E-state index in [1.54, 1.807) is 6.92 Å². The van der Waals surface area contributed by atoms with Crippen LogP contribution < -0.4 is 5.32 Å². The molecule has 2 nitrogen and oxygen atoms in total. The number of hydrogen-bond acceptors (Lipinski definition) is 1. The van der Waals surface area contributed by atoms with Gasteiger partial charge >= 0.3 is 6.18 Å². The maximum Gasteiger partial charge on any atom is 0.416 e. The van der Waals surface area contributed by atoms with E-state index in [2.05, 4.69) is 5.32 Å². The number of amides is 1. The van der Waals surface area contributed by atoms with Gasteiger partial charge in [0.2, 0.25) is 0 Å². The average molecular weight is 266 g/mol. The Kier molecular flexibility index (Phi) is 4.40. The molecular weight excluding hydrogens is 255 g/mol. The van der Waals surface area contributed by atoms with Gasteiger partial charge in [0.15, 0.2) is 0 Å². The molecule has 1 rings (SSSR count). The van der Waals surface area contributed by atoms with E-state index in [0.717, 1.165) is 24.3 Å². The van der Waals surface area contributed by atoms with E-state index in [-0.39, 0.29) is 17.5 Å². The van der Waals surface area contributed by atoms with Crippen LogP contribution in [0.5, 0.6) is 0 Å². The highest BCUT2D eigenvalue weighted by molar-refractivity contribution is 6.20. The number of halogens is 4. The zero-order valence-corrected chi connectivity index (χ0v) is 9.77. The fraction of sp³-hybridized carbons (Fsp3) is 0.364. The number of benzene rings is 1. The summed E-state index contributed by atoms with van der Waals surface area (Å²) >= 11 is 5.63. The van der Waals surface area contributed by atoms with Gasteiger partial charge in [-0.2, -0.15) is 13.2 Å². The Morgan fingerprint density at radius 2 is 1.88 bits per heavy atom. The monoisotopic (exact) mass is 265 g/mol. The van der Waals surface area contributed by atoms with E-state index in [1.807, 2.05) is 0 Å². The summed E-state index contributed by atoms with van der Waals surface area (Å²) in [6.45, 7) is 1.97. The Bertz CT molecular complexity index is 387. The smallest absolute Gasteiger partial charge is 0.351 e. The van der Waals surface area contributed by atoms with Crippen molar-refractivity contribution in [2.45, 2.75) is 18.5 Å². The predicted octanol–water partition coefficient (Wildman–Crippen LogP) is 3.06. The Balaban J connectivity index is 2.71. The lowest BCUT2D eigenvalue weighted by atomic mass is 10.1. The minimum Gasteiger partial charge on any atom is -0.351 e. The molecule has 0 aliphatic rings. The molecule has 1 aromatic rings. The minimum atomic E-state index is -4.39. The van der Waals surface area contributed by atoms with Crippen molar-refractivity contribution < 1.29 is 18.0 Å². The van der Waals surface area contributed by atoms with Crippen molar-refractivity contribution in [3.8, 4) is 0 Å². The van der Waals surface area contributed by atoms with Crippen LogP contribution in [0.4, 0.5) is 13.2 Å². The summed E-state index contributed by atoms with van der Waals surface area (Å²) in [7, 11) is 0. The lowest BCUT2D eigenvalue weighted by molar-refractivity contribution is -0.137. The third kappa shape index (κ3) is 4.26. The fourth-order valence-electron chi connectivity index (χ4n) is 1.15. The van der Waals surface area contributed by atoms with Crippen LogP contribution in [0.3, 0.4) is 0 Å². The average Bonchev–Trinajstić information content (AvgIpc) is 2.25. The standard InChI is InChI=1S/C11H11ClF3NO/c1-7(12)6-16-10(17)8-2-4-9(5-3-8)11(13,14)15/h2-5,7H,6H2,1H3,(H,16,17). The SMILES string of the molecule is CC(Cl)CNC(=O)c1ccc(C(F)(F)F)cc1. The van der Waals surface area contributed by atoms with Crippen molar-refractivity contribution in [1.82, 2.24) is 5.32 Å². The first-order valence-electron chi connectivity index (χ1n) is 4.90. The van der Waals surface area contributed by atoms with Crippen molar-refractivity contribution in [2.75, 3.05) is 6.54 Å². The molecule has 0 aliphatic heterocycles. The van der Waals surface area contributed by atoms with Crippen molar-refractivity contribution in [3.05, 3.63) is 35.4 Å². The highest BCUT2D eigenvalue weighted by Gasteiger charge is 2.30. The second-order valence-electron chi connectivity index (χ2n) is 3.57. The normalized spacial score (nSPS) is 13.2. The maximum atomic E-state index is 12.3. The number of hydrogen-bond donors (Lipinski definition) is 1. The molecule has 0 fully saturated rings. The van der Waals surface area contributed by atoms with E-state index in [0.29, 0.717) is 0 Å². The van der Waals surface area contributed by atoms with E-state index in [9.17, 15) is 18.0 Å². The van der Waals surface area contributed by atoms with Crippen molar-refractivity contribution >= 4 is 17.5 Å². The molecule has 0 aromatic heterocycles. The highest BCUT2D eigenvalue weighted by atomic mass is 35.5. The van der Waals surface area contributed by atoms with Crippen molar-refractivity contribution in [2.24, 2.45) is 0 Å². The molecule has 0 heterocycles. The van der Waals surface area contributed by atoms with Gasteiger partial charge in [-0.1, -0.05) is 0 Å². The van der Waals surface area contributed by atoms with Gasteiger partial charge < -0.3 is 5.32 Å². The maximum absolute atomic E-state index is 12.3. The van der Waals surface area contributed by atoms with Crippen LogP contribution in [0.15, 0.2) is 24.3 Å². The molecule has 94 valence electrons. The van der Waals surface area contributed by atoms with Crippen LogP contribution in [-0.4, -0.2) is 17.8 Å². The summed E-state index contributed by atoms with van der Waals surface area (Å²) in [5.74, 6) is -0.439. The summed E-state index contributed by atoms with van der Waals surface area (Å²) in [6.07, 6.45) is -4.39. The highest BCUT2D eigenvalue weighted by Crippen LogP contribution is 2.28. The Labute approximate surface area is 102 Å². The topological polar surface area (TPSA) is 29.1 Å². The molecule has 0 radical (unpaired) electrons. The Morgan fingerprint density at radius 1 is 1.35 bits per heavy atom. The largest absolute Gasteiger partial charge is 0.416 e. The summed E-state index contributed by atoms with van der Waals surface area (Å²) in [5.41, 5.74) is -0.602. The number of nitrogens with one attached hydrogen (secondary N) is 1. The summed E-state index contributed by atoms with van der Waals surface area (Å²) in [4.78, 5) is 11.5. The van der Waals surface area contributed by atoms with E-state index >= 15 is 0 Å². The first kappa shape index (κ1) is 13.8. The van der Waals surface area contributed by atoms with Crippen molar-refractivity contribution in [1.29, 1.82) is 0 Å². The molecule has 0 saturated heterocycles. The minimum absolute atomic E-state index is 0.176. The van der Waals surface area contributed by atoms with Crippen LogP contribution in [0, 0.1) is 0 Å². The van der Waals surface area contributed by atoms with Crippen LogP contribution in [0.2, 0.25) is 0 Å². The van der Waals surface area contributed by atoms with Crippen LogP contribution in [0.25, 0.3) is 0 Å². The van der Waals surface area contributed by atoms with Gasteiger partial charge in [0, 0.05) is 17.5 Å². The van der Waals surface area contributed by atoms with Gasteiger partial charge in [-0.3, -0.25) is 4.79 Å². The molecule has 0 saturated carbocycles. The lowest BCUT2D eigenvalue weighted by Gasteiger charge is -2.08. The van der Waals surface area contributed by atoms with Gasteiger partial charge in [0.25, 0.3) is 5.91 Å². The quantitative estimate of drug-likeness (QED) is 0.836. The van der Waals surface area contributed by atoms with Gasteiger partial charge in [-0.25, -0.2) is 0 Å². The number of carbonyl (C=O) groups excluding carboxylic acids is 1.